The van der Waals surface area contributed by atoms with Crippen LogP contribution in [0.25, 0.3) is 0 Å². The average molecular weight is 257 g/mol. The number of allylic oxidation sites excluding steroid dienone is 1. The van der Waals surface area contributed by atoms with Crippen LogP contribution in [-0.4, -0.2) is 12.5 Å². The summed E-state index contributed by atoms with van der Waals surface area (Å²) in [7, 11) is 0. The fourth-order valence-corrected chi connectivity index (χ4v) is 2.29. The molecule has 0 radical (unpaired) electrons. The summed E-state index contributed by atoms with van der Waals surface area (Å²) in [4.78, 5) is 4.38. The van der Waals surface area contributed by atoms with E-state index in [1.54, 1.807) is 0 Å². The lowest BCUT2D eigenvalue weighted by atomic mass is 10.1. The van der Waals surface area contributed by atoms with E-state index in [9.17, 15) is 0 Å². The number of aliphatic imine (C=N–C) groups is 1. The van der Waals surface area contributed by atoms with Crippen molar-refractivity contribution in [1.29, 1.82) is 0 Å². The number of rotatable bonds is 4. The Morgan fingerprint density at radius 3 is 2.84 bits per heavy atom. The highest BCUT2D eigenvalue weighted by Gasteiger charge is 2.03. The Morgan fingerprint density at radius 1 is 1.32 bits per heavy atom. The monoisotopic (exact) mass is 257 g/mol. The number of nitrogens with two attached hydrogens (primary N) is 1. The van der Waals surface area contributed by atoms with E-state index in [4.69, 9.17) is 5.73 Å². The summed E-state index contributed by atoms with van der Waals surface area (Å²) in [5.41, 5.74) is 11.0. The van der Waals surface area contributed by atoms with Crippen LogP contribution in [0.1, 0.15) is 36.8 Å². The molecule has 1 aromatic rings. The van der Waals surface area contributed by atoms with Crippen molar-refractivity contribution in [1.82, 2.24) is 0 Å². The van der Waals surface area contributed by atoms with Gasteiger partial charge in [-0.05, 0) is 62.8 Å². The van der Waals surface area contributed by atoms with Crippen molar-refractivity contribution in [2.75, 3.05) is 11.9 Å². The number of nitrogens with one attached hydrogen (secondary N) is 1. The lowest BCUT2D eigenvalue weighted by molar-refractivity contribution is 0.850. The Bertz CT molecular complexity index is 501. The van der Waals surface area contributed by atoms with Gasteiger partial charge in [0.15, 0.2) is 5.96 Å². The molecule has 1 aromatic carbocycles. The van der Waals surface area contributed by atoms with Crippen LogP contribution in [0.4, 0.5) is 5.69 Å². The number of nitrogens with zero attached hydrogens (tertiary/aromatic N) is 1. The molecule has 0 amide bonds. The maximum absolute atomic E-state index is 5.90. The Labute approximate surface area is 115 Å². The fourth-order valence-electron chi connectivity index (χ4n) is 2.29. The Hall–Kier alpha value is -1.77. The standard InChI is InChI=1S/C16H23N3/c1-12-7-8-15(11-13(12)2)19-16(17)18-10-9-14-5-3-4-6-14/h5,7-8,11H,3-4,6,9-10H2,1-2H3,(H3,17,18,19). The molecule has 0 heterocycles. The predicted octanol–water partition coefficient (Wildman–Crippen LogP) is 3.53. The summed E-state index contributed by atoms with van der Waals surface area (Å²) in [6, 6.07) is 6.22. The van der Waals surface area contributed by atoms with Gasteiger partial charge < -0.3 is 11.1 Å². The van der Waals surface area contributed by atoms with Crippen LogP contribution in [-0.2, 0) is 0 Å². The van der Waals surface area contributed by atoms with Crippen LogP contribution in [0.15, 0.2) is 34.8 Å². The van der Waals surface area contributed by atoms with Gasteiger partial charge in [-0.25, -0.2) is 0 Å². The van der Waals surface area contributed by atoms with Crippen molar-refractivity contribution in [2.45, 2.75) is 39.5 Å². The van der Waals surface area contributed by atoms with Gasteiger partial charge in [0.05, 0.1) is 0 Å². The first kappa shape index (κ1) is 13.7. The van der Waals surface area contributed by atoms with Crippen LogP contribution >= 0.6 is 0 Å². The zero-order valence-corrected chi connectivity index (χ0v) is 11.9. The van der Waals surface area contributed by atoms with Gasteiger partial charge >= 0.3 is 0 Å². The quantitative estimate of drug-likeness (QED) is 0.492. The van der Waals surface area contributed by atoms with Crippen molar-refractivity contribution in [3.63, 3.8) is 0 Å². The summed E-state index contributed by atoms with van der Waals surface area (Å²) < 4.78 is 0. The van der Waals surface area contributed by atoms with E-state index in [0.717, 1.165) is 18.7 Å². The minimum atomic E-state index is 0.502. The molecule has 0 fully saturated rings. The molecule has 0 aliphatic heterocycles. The lowest BCUT2D eigenvalue weighted by Gasteiger charge is -2.08. The number of guanidine groups is 1. The van der Waals surface area contributed by atoms with Crippen LogP contribution in [0.3, 0.4) is 0 Å². The number of aryl methyl sites for hydroxylation is 2. The summed E-state index contributed by atoms with van der Waals surface area (Å²) in [6.07, 6.45) is 7.14. The maximum Gasteiger partial charge on any atom is 0.193 e. The molecular weight excluding hydrogens is 234 g/mol. The van der Waals surface area contributed by atoms with Gasteiger partial charge in [-0.15, -0.1) is 0 Å². The van der Waals surface area contributed by atoms with E-state index < -0.39 is 0 Å². The zero-order chi connectivity index (χ0) is 13.7. The van der Waals surface area contributed by atoms with Gasteiger partial charge in [-0.2, -0.15) is 0 Å². The molecule has 3 nitrogen and oxygen atoms in total. The first-order chi connectivity index (χ1) is 9.15. The average Bonchev–Trinajstić information content (AvgIpc) is 2.87. The van der Waals surface area contributed by atoms with Gasteiger partial charge in [0.25, 0.3) is 0 Å². The minimum absolute atomic E-state index is 0.502. The van der Waals surface area contributed by atoms with Crippen LogP contribution in [0, 0.1) is 13.8 Å². The normalized spacial score (nSPS) is 15.5. The molecular formula is C16H23N3. The highest BCUT2D eigenvalue weighted by molar-refractivity contribution is 5.92. The van der Waals surface area contributed by atoms with Crippen molar-refractivity contribution in [3.05, 3.63) is 41.0 Å². The molecule has 0 saturated heterocycles. The van der Waals surface area contributed by atoms with Crippen molar-refractivity contribution < 1.29 is 0 Å². The molecule has 1 aliphatic rings. The molecule has 0 saturated carbocycles. The van der Waals surface area contributed by atoms with E-state index >= 15 is 0 Å². The second-order valence-corrected chi connectivity index (χ2v) is 5.20. The third kappa shape index (κ3) is 4.12. The van der Waals surface area contributed by atoms with E-state index in [1.165, 1.54) is 36.0 Å². The number of anilines is 1. The predicted molar refractivity (Wildman–Crippen MR) is 82.6 cm³/mol. The summed E-state index contributed by atoms with van der Waals surface area (Å²) in [6.45, 7) is 4.97. The summed E-state index contributed by atoms with van der Waals surface area (Å²) in [5, 5.41) is 3.14. The van der Waals surface area contributed by atoms with Gasteiger partial charge in [-0.3, -0.25) is 4.99 Å². The smallest absolute Gasteiger partial charge is 0.193 e. The fraction of sp³-hybridized carbons (Fsp3) is 0.438. The highest BCUT2D eigenvalue weighted by Crippen LogP contribution is 2.20. The van der Waals surface area contributed by atoms with Crippen LogP contribution in [0.2, 0.25) is 0 Å². The third-order valence-electron chi connectivity index (χ3n) is 3.63. The third-order valence-corrected chi connectivity index (χ3v) is 3.63. The minimum Gasteiger partial charge on any atom is -0.370 e. The SMILES string of the molecule is Cc1ccc(NC(N)=NCCC2=CCCC2)cc1C. The van der Waals surface area contributed by atoms with Crippen LogP contribution < -0.4 is 11.1 Å². The Balaban J connectivity index is 1.85. The van der Waals surface area contributed by atoms with E-state index in [0.29, 0.717) is 5.96 Å². The molecule has 0 bridgehead atoms. The zero-order valence-electron chi connectivity index (χ0n) is 11.9. The molecule has 0 atom stereocenters. The second-order valence-electron chi connectivity index (χ2n) is 5.20. The molecule has 2 rings (SSSR count). The molecule has 0 spiro atoms. The summed E-state index contributed by atoms with van der Waals surface area (Å²) >= 11 is 0. The first-order valence-corrected chi connectivity index (χ1v) is 6.97. The lowest BCUT2D eigenvalue weighted by Crippen LogP contribution is -2.23. The summed E-state index contributed by atoms with van der Waals surface area (Å²) in [5.74, 6) is 0.502. The van der Waals surface area contributed by atoms with E-state index in [2.05, 4.69) is 42.4 Å². The van der Waals surface area contributed by atoms with Crippen molar-refractivity contribution >= 4 is 11.6 Å². The number of benzene rings is 1. The highest BCUT2D eigenvalue weighted by atomic mass is 15.1. The number of hydrogen-bond donors (Lipinski definition) is 2. The molecule has 102 valence electrons. The molecule has 1 aliphatic carbocycles. The first-order valence-electron chi connectivity index (χ1n) is 6.97. The molecule has 0 aromatic heterocycles. The molecule has 3 heteroatoms. The largest absolute Gasteiger partial charge is 0.370 e. The van der Waals surface area contributed by atoms with Gasteiger partial charge in [0.2, 0.25) is 0 Å². The van der Waals surface area contributed by atoms with Gasteiger partial charge in [0, 0.05) is 12.2 Å². The maximum atomic E-state index is 5.90. The Morgan fingerprint density at radius 2 is 2.16 bits per heavy atom. The van der Waals surface area contributed by atoms with Crippen LogP contribution in [0.5, 0.6) is 0 Å². The second kappa shape index (κ2) is 6.41. The molecule has 0 unspecified atom stereocenters. The van der Waals surface area contributed by atoms with Crippen molar-refractivity contribution in [2.24, 2.45) is 10.7 Å². The number of hydrogen-bond acceptors (Lipinski definition) is 1. The van der Waals surface area contributed by atoms with E-state index in [-0.39, 0.29) is 0 Å². The van der Waals surface area contributed by atoms with Gasteiger partial charge in [-0.1, -0.05) is 17.7 Å². The van der Waals surface area contributed by atoms with Gasteiger partial charge in [0.1, 0.15) is 0 Å². The van der Waals surface area contributed by atoms with Crippen molar-refractivity contribution in [3.8, 4) is 0 Å². The topological polar surface area (TPSA) is 50.4 Å². The Kier molecular flexibility index (Phi) is 4.61. The molecule has 3 N–H and O–H groups in total. The van der Waals surface area contributed by atoms with E-state index in [1.807, 2.05) is 6.07 Å². The molecule has 19 heavy (non-hydrogen) atoms.